The molecule has 0 aromatic carbocycles. The Balaban J connectivity index is 2.52. The number of carbonyl (C=O) groups excluding carboxylic acids is 2. The number of thiazole rings is 1. The van der Waals surface area contributed by atoms with Crippen LogP contribution in [-0.2, 0) is 14.3 Å². The highest BCUT2D eigenvalue weighted by atomic mass is 32.1. The van der Waals surface area contributed by atoms with E-state index in [-0.39, 0.29) is 5.71 Å². The van der Waals surface area contributed by atoms with Gasteiger partial charge in [0.05, 0.1) is 18.3 Å². The van der Waals surface area contributed by atoms with Gasteiger partial charge < -0.3 is 10.1 Å². The zero-order valence-electron chi connectivity index (χ0n) is 9.31. The number of carbonyl (C=O) groups is 2. The number of aromatic nitrogens is 1. The van der Waals surface area contributed by atoms with Crippen molar-refractivity contribution in [1.82, 2.24) is 4.98 Å². The summed E-state index contributed by atoms with van der Waals surface area (Å²) in [7, 11) is 1.17. The van der Waals surface area contributed by atoms with Gasteiger partial charge in [0.25, 0.3) is 0 Å². The van der Waals surface area contributed by atoms with Gasteiger partial charge in [-0.2, -0.15) is 0 Å². The van der Waals surface area contributed by atoms with Crippen molar-refractivity contribution in [3.8, 4) is 0 Å². The lowest BCUT2D eigenvalue weighted by Crippen LogP contribution is -2.13. The lowest BCUT2D eigenvalue weighted by molar-refractivity contribution is -0.132. The van der Waals surface area contributed by atoms with E-state index in [2.05, 4.69) is 15.0 Å². The predicted molar refractivity (Wildman–Crippen MR) is 64.4 cm³/mol. The predicted octanol–water partition coefficient (Wildman–Crippen LogP) is 1.14. The Hall–Kier alpha value is -2.02. The van der Waals surface area contributed by atoms with Crippen molar-refractivity contribution in [1.29, 1.82) is 5.41 Å². The normalized spacial score (nSPS) is 10.2. The maximum atomic E-state index is 11.4. The number of methoxy groups -OCH3 is 1. The Kier molecular flexibility index (Phi) is 4.53. The number of aryl methyl sites for hydroxylation is 1. The number of hydrogen-bond acceptors (Lipinski definition) is 6. The Bertz CT molecular complexity index is 479. The highest BCUT2D eigenvalue weighted by Gasteiger charge is 2.06. The first kappa shape index (κ1) is 13.0. The molecule has 0 radical (unpaired) electrons. The van der Waals surface area contributed by atoms with Crippen LogP contribution in [0.4, 0.5) is 5.00 Å². The largest absolute Gasteiger partial charge is 0.464 e. The van der Waals surface area contributed by atoms with Crippen molar-refractivity contribution in [2.75, 3.05) is 12.4 Å². The molecule has 0 atom stereocenters. The summed E-state index contributed by atoms with van der Waals surface area (Å²) >= 11 is 1.34. The molecule has 7 heteroatoms. The highest BCUT2D eigenvalue weighted by Crippen LogP contribution is 2.17. The number of anilines is 1. The van der Waals surface area contributed by atoms with E-state index in [0.29, 0.717) is 5.00 Å². The molecule has 6 nitrogen and oxygen atoms in total. The second kappa shape index (κ2) is 5.90. The summed E-state index contributed by atoms with van der Waals surface area (Å²) in [6.07, 6.45) is 3.71. The van der Waals surface area contributed by atoms with Crippen LogP contribution in [0.1, 0.15) is 5.01 Å². The first-order valence-corrected chi connectivity index (χ1v) is 5.43. The minimum atomic E-state index is -0.789. The van der Waals surface area contributed by atoms with E-state index in [0.717, 1.165) is 17.2 Å². The Morgan fingerprint density at radius 1 is 1.53 bits per heavy atom. The summed E-state index contributed by atoms with van der Waals surface area (Å²) in [6.45, 7) is 1.82. The van der Waals surface area contributed by atoms with Gasteiger partial charge in [0.15, 0.2) is 0 Å². The SMILES string of the molecule is COC(=O)C(=N)/C=C\C(=O)Nc1cnc(C)s1. The first-order chi connectivity index (χ1) is 8.02. The highest BCUT2D eigenvalue weighted by molar-refractivity contribution is 7.15. The fourth-order valence-electron chi connectivity index (χ4n) is 0.919. The smallest absolute Gasteiger partial charge is 0.355 e. The van der Waals surface area contributed by atoms with E-state index in [1.807, 2.05) is 6.92 Å². The lowest BCUT2D eigenvalue weighted by atomic mass is 10.3. The maximum absolute atomic E-state index is 11.4. The third kappa shape index (κ3) is 4.15. The summed E-state index contributed by atoms with van der Waals surface area (Å²) in [6, 6.07) is 0. The number of rotatable bonds is 4. The van der Waals surface area contributed by atoms with Crippen LogP contribution in [0.25, 0.3) is 0 Å². The number of nitrogens with one attached hydrogen (secondary N) is 2. The van der Waals surface area contributed by atoms with Crippen molar-refractivity contribution >= 4 is 33.9 Å². The van der Waals surface area contributed by atoms with E-state index >= 15 is 0 Å². The maximum Gasteiger partial charge on any atom is 0.355 e. The van der Waals surface area contributed by atoms with E-state index in [4.69, 9.17) is 5.41 Å². The van der Waals surface area contributed by atoms with E-state index in [1.165, 1.54) is 24.6 Å². The molecule has 1 aromatic rings. The second-order valence-electron chi connectivity index (χ2n) is 2.97. The van der Waals surface area contributed by atoms with Crippen molar-refractivity contribution in [2.45, 2.75) is 6.92 Å². The van der Waals surface area contributed by atoms with Gasteiger partial charge in [0, 0.05) is 6.08 Å². The molecule has 0 bridgehead atoms. The molecule has 1 rings (SSSR count). The molecule has 17 heavy (non-hydrogen) atoms. The molecule has 0 fully saturated rings. The van der Waals surface area contributed by atoms with Crippen molar-refractivity contribution in [3.05, 3.63) is 23.4 Å². The van der Waals surface area contributed by atoms with Gasteiger partial charge in [0.2, 0.25) is 5.91 Å². The molecule has 1 heterocycles. The van der Waals surface area contributed by atoms with Crippen LogP contribution < -0.4 is 5.32 Å². The molecule has 0 aliphatic carbocycles. The van der Waals surface area contributed by atoms with Crippen LogP contribution in [0, 0.1) is 12.3 Å². The van der Waals surface area contributed by atoms with Gasteiger partial charge in [-0.05, 0) is 13.0 Å². The van der Waals surface area contributed by atoms with E-state index < -0.39 is 11.9 Å². The van der Waals surface area contributed by atoms with Crippen LogP contribution in [-0.4, -0.2) is 29.7 Å². The van der Waals surface area contributed by atoms with Crippen LogP contribution in [0.2, 0.25) is 0 Å². The van der Waals surface area contributed by atoms with Crippen molar-refractivity contribution < 1.29 is 14.3 Å². The Morgan fingerprint density at radius 3 is 2.76 bits per heavy atom. The third-order valence-electron chi connectivity index (χ3n) is 1.67. The summed E-state index contributed by atoms with van der Waals surface area (Å²) in [5.41, 5.74) is -0.386. The first-order valence-electron chi connectivity index (χ1n) is 4.61. The van der Waals surface area contributed by atoms with Gasteiger partial charge in [-0.1, -0.05) is 0 Å². The molecule has 0 aliphatic rings. The minimum absolute atomic E-state index is 0.386. The molecular weight excluding hydrogens is 242 g/mol. The zero-order valence-corrected chi connectivity index (χ0v) is 10.1. The fourth-order valence-corrected chi connectivity index (χ4v) is 1.60. The number of hydrogen-bond donors (Lipinski definition) is 2. The summed E-state index contributed by atoms with van der Waals surface area (Å²) in [5.74, 6) is -1.22. The number of amides is 1. The van der Waals surface area contributed by atoms with Crippen LogP contribution >= 0.6 is 11.3 Å². The molecule has 90 valence electrons. The molecule has 0 spiro atoms. The number of nitrogens with zero attached hydrogens (tertiary/aromatic N) is 1. The zero-order chi connectivity index (χ0) is 12.8. The van der Waals surface area contributed by atoms with Crippen molar-refractivity contribution in [2.24, 2.45) is 0 Å². The van der Waals surface area contributed by atoms with E-state index in [1.54, 1.807) is 0 Å². The summed E-state index contributed by atoms with van der Waals surface area (Å²) in [4.78, 5) is 26.2. The quantitative estimate of drug-likeness (QED) is 0.478. The van der Waals surface area contributed by atoms with Crippen LogP contribution in [0.3, 0.4) is 0 Å². The molecule has 0 saturated heterocycles. The molecular formula is C10H11N3O3S. The Morgan fingerprint density at radius 2 is 2.24 bits per heavy atom. The lowest BCUT2D eigenvalue weighted by Gasteiger charge is -1.96. The molecule has 0 aliphatic heterocycles. The topological polar surface area (TPSA) is 92.1 Å². The fraction of sp³-hybridized carbons (Fsp3) is 0.200. The molecule has 2 N–H and O–H groups in total. The molecule has 1 aromatic heterocycles. The van der Waals surface area contributed by atoms with Crippen LogP contribution in [0.5, 0.6) is 0 Å². The van der Waals surface area contributed by atoms with Gasteiger partial charge in [-0.15, -0.1) is 11.3 Å². The van der Waals surface area contributed by atoms with Gasteiger partial charge in [-0.3, -0.25) is 10.2 Å². The molecule has 1 amide bonds. The number of esters is 1. The minimum Gasteiger partial charge on any atom is -0.464 e. The third-order valence-corrected chi connectivity index (χ3v) is 2.50. The Labute approximate surface area is 102 Å². The van der Waals surface area contributed by atoms with Crippen LogP contribution in [0.15, 0.2) is 18.3 Å². The number of ether oxygens (including phenoxy) is 1. The summed E-state index contributed by atoms with van der Waals surface area (Å²) < 4.78 is 4.31. The van der Waals surface area contributed by atoms with Crippen molar-refractivity contribution in [3.63, 3.8) is 0 Å². The standard InChI is InChI=1S/C10H11N3O3S/c1-6-12-5-9(17-6)13-8(14)4-3-7(11)10(15)16-2/h3-5,11H,1-2H3,(H,13,14)/b4-3-,11-7?. The second-order valence-corrected chi connectivity index (χ2v) is 4.21. The monoisotopic (exact) mass is 253 g/mol. The van der Waals surface area contributed by atoms with Gasteiger partial charge in [-0.25, -0.2) is 9.78 Å². The average molecular weight is 253 g/mol. The molecule has 0 saturated carbocycles. The average Bonchev–Trinajstić information content (AvgIpc) is 2.70. The van der Waals surface area contributed by atoms with Gasteiger partial charge in [0.1, 0.15) is 10.7 Å². The summed E-state index contributed by atoms with van der Waals surface area (Å²) in [5, 5.41) is 11.2. The van der Waals surface area contributed by atoms with E-state index in [9.17, 15) is 9.59 Å². The molecule has 0 unspecified atom stereocenters. The van der Waals surface area contributed by atoms with Gasteiger partial charge >= 0.3 is 5.97 Å².